The molecule has 2 heteroatoms. The Kier molecular flexibility index (Phi) is 4.50. The zero-order chi connectivity index (χ0) is 13.1. The molecule has 0 N–H and O–H groups in total. The third kappa shape index (κ3) is 3.17. The predicted octanol–water partition coefficient (Wildman–Crippen LogP) is 4.01. The third-order valence-corrected chi connectivity index (χ3v) is 5.16. The van der Waals surface area contributed by atoms with Crippen LogP contribution in [0, 0.1) is 20.8 Å². The maximum atomic E-state index is 12.3. The molecular formula is C16H22OS. The highest BCUT2D eigenvalue weighted by atomic mass is 32.2. The van der Waals surface area contributed by atoms with Crippen molar-refractivity contribution in [1.29, 1.82) is 0 Å². The Morgan fingerprint density at radius 3 is 2.44 bits per heavy atom. The zero-order valence-corrected chi connectivity index (χ0v) is 12.4. The second-order valence-electron chi connectivity index (χ2n) is 5.38. The zero-order valence-electron chi connectivity index (χ0n) is 11.6. The van der Waals surface area contributed by atoms with Crippen molar-refractivity contribution in [2.24, 2.45) is 0 Å². The molecule has 1 unspecified atom stereocenters. The van der Waals surface area contributed by atoms with Crippen LogP contribution >= 0.6 is 11.8 Å². The van der Waals surface area contributed by atoms with Crippen molar-refractivity contribution >= 4 is 17.5 Å². The Morgan fingerprint density at radius 1 is 1.22 bits per heavy atom. The molecule has 2 rings (SSSR count). The number of ketones is 1. The van der Waals surface area contributed by atoms with E-state index in [-0.39, 0.29) is 5.25 Å². The van der Waals surface area contributed by atoms with Crippen LogP contribution in [0.15, 0.2) is 12.1 Å². The number of Topliss-reactive ketones (excluding diaryl/α,β-unsaturated/α-hetero) is 1. The van der Waals surface area contributed by atoms with Gasteiger partial charge in [-0.2, -0.15) is 11.8 Å². The van der Waals surface area contributed by atoms with Crippen LogP contribution in [0.4, 0.5) is 0 Å². The fourth-order valence-electron chi connectivity index (χ4n) is 2.77. The van der Waals surface area contributed by atoms with Gasteiger partial charge in [0.2, 0.25) is 0 Å². The molecule has 0 radical (unpaired) electrons. The Morgan fingerprint density at radius 2 is 1.89 bits per heavy atom. The van der Waals surface area contributed by atoms with Gasteiger partial charge in [-0.3, -0.25) is 4.79 Å². The van der Waals surface area contributed by atoms with E-state index < -0.39 is 0 Å². The average molecular weight is 262 g/mol. The summed E-state index contributed by atoms with van der Waals surface area (Å²) in [6.07, 6.45) is 4.19. The van der Waals surface area contributed by atoms with E-state index in [1.807, 2.05) is 11.8 Å². The number of thioether (sulfide) groups is 1. The fraction of sp³-hybridized carbons (Fsp3) is 0.562. The Hall–Kier alpha value is -0.760. The summed E-state index contributed by atoms with van der Waals surface area (Å²) >= 11 is 1.86. The molecule has 98 valence electrons. The van der Waals surface area contributed by atoms with Crippen LogP contribution in [-0.4, -0.2) is 16.8 Å². The van der Waals surface area contributed by atoms with Crippen molar-refractivity contribution in [1.82, 2.24) is 0 Å². The van der Waals surface area contributed by atoms with Gasteiger partial charge in [0.05, 0.1) is 5.25 Å². The van der Waals surface area contributed by atoms with Gasteiger partial charge < -0.3 is 0 Å². The molecule has 1 atom stereocenters. The first kappa shape index (κ1) is 13.7. The summed E-state index contributed by atoms with van der Waals surface area (Å²) in [5.74, 6) is 1.58. The summed E-state index contributed by atoms with van der Waals surface area (Å²) in [5.41, 5.74) is 5.06. The number of carbonyl (C=O) groups is 1. The van der Waals surface area contributed by atoms with E-state index in [0.29, 0.717) is 12.2 Å². The lowest BCUT2D eigenvalue weighted by molar-refractivity contribution is -0.118. The highest BCUT2D eigenvalue weighted by Gasteiger charge is 2.22. The highest BCUT2D eigenvalue weighted by Crippen LogP contribution is 2.27. The Bertz CT molecular complexity index is 421. The lowest BCUT2D eigenvalue weighted by atomic mass is 9.94. The van der Waals surface area contributed by atoms with E-state index in [1.165, 1.54) is 35.1 Å². The van der Waals surface area contributed by atoms with E-state index in [2.05, 4.69) is 32.9 Å². The van der Waals surface area contributed by atoms with E-state index >= 15 is 0 Å². The maximum absolute atomic E-state index is 12.3. The fourth-order valence-corrected chi connectivity index (χ4v) is 4.03. The molecule has 0 spiro atoms. The molecule has 0 saturated carbocycles. The smallest absolute Gasteiger partial charge is 0.150 e. The molecule has 1 heterocycles. The minimum atomic E-state index is 0.249. The van der Waals surface area contributed by atoms with Gasteiger partial charge >= 0.3 is 0 Å². The summed E-state index contributed by atoms with van der Waals surface area (Å²) in [6, 6.07) is 4.37. The minimum Gasteiger partial charge on any atom is -0.298 e. The molecule has 0 bridgehead atoms. The SMILES string of the molecule is Cc1cc(C)c(CC(=O)C2CCCCS2)c(C)c1. The lowest BCUT2D eigenvalue weighted by Gasteiger charge is -2.21. The van der Waals surface area contributed by atoms with Crippen molar-refractivity contribution in [3.05, 3.63) is 34.4 Å². The molecule has 0 amide bonds. The van der Waals surface area contributed by atoms with Crippen molar-refractivity contribution in [3.8, 4) is 0 Å². The van der Waals surface area contributed by atoms with Crippen molar-refractivity contribution in [3.63, 3.8) is 0 Å². The number of hydrogen-bond acceptors (Lipinski definition) is 2. The van der Waals surface area contributed by atoms with Crippen molar-refractivity contribution in [2.45, 2.75) is 51.7 Å². The van der Waals surface area contributed by atoms with Gasteiger partial charge in [0, 0.05) is 6.42 Å². The maximum Gasteiger partial charge on any atom is 0.150 e. The first-order chi connectivity index (χ1) is 8.58. The molecular weight excluding hydrogens is 240 g/mol. The molecule has 1 aliphatic heterocycles. The standard InChI is InChI=1S/C16H22OS/c1-11-8-12(2)14(13(3)9-11)10-15(17)16-6-4-5-7-18-16/h8-9,16H,4-7,10H2,1-3H3. The van der Waals surface area contributed by atoms with E-state index in [4.69, 9.17) is 0 Å². The summed E-state index contributed by atoms with van der Waals surface area (Å²) < 4.78 is 0. The topological polar surface area (TPSA) is 17.1 Å². The molecule has 0 aromatic heterocycles. The monoisotopic (exact) mass is 262 g/mol. The quantitative estimate of drug-likeness (QED) is 0.818. The first-order valence-corrected chi connectivity index (χ1v) is 7.84. The second-order valence-corrected chi connectivity index (χ2v) is 6.69. The second kappa shape index (κ2) is 5.92. The van der Waals surface area contributed by atoms with Crippen LogP contribution in [0.3, 0.4) is 0 Å². The van der Waals surface area contributed by atoms with Gasteiger partial charge in [-0.1, -0.05) is 24.1 Å². The third-order valence-electron chi connectivity index (χ3n) is 3.73. The van der Waals surface area contributed by atoms with Gasteiger partial charge in [0.1, 0.15) is 5.78 Å². The minimum absolute atomic E-state index is 0.249. The summed E-state index contributed by atoms with van der Waals surface area (Å²) in [7, 11) is 0. The van der Waals surface area contributed by atoms with Crippen molar-refractivity contribution in [2.75, 3.05) is 5.75 Å². The molecule has 18 heavy (non-hydrogen) atoms. The molecule has 1 fully saturated rings. The lowest BCUT2D eigenvalue weighted by Crippen LogP contribution is -2.23. The number of benzene rings is 1. The Balaban J connectivity index is 2.11. The van der Waals surface area contributed by atoms with Crippen LogP contribution < -0.4 is 0 Å². The van der Waals surface area contributed by atoms with Gasteiger partial charge in [0.25, 0.3) is 0 Å². The normalized spacial score (nSPS) is 19.8. The average Bonchev–Trinajstić information content (AvgIpc) is 2.34. The summed E-state index contributed by atoms with van der Waals surface area (Å²) in [5, 5.41) is 0.249. The van der Waals surface area contributed by atoms with Gasteiger partial charge in [-0.15, -0.1) is 0 Å². The molecule has 1 nitrogen and oxygen atoms in total. The van der Waals surface area contributed by atoms with Crippen LogP contribution in [0.2, 0.25) is 0 Å². The van der Waals surface area contributed by atoms with Gasteiger partial charge in [0.15, 0.2) is 0 Å². The van der Waals surface area contributed by atoms with E-state index in [0.717, 1.165) is 12.2 Å². The molecule has 1 aliphatic rings. The molecule has 1 aromatic carbocycles. The number of rotatable bonds is 3. The number of aryl methyl sites for hydroxylation is 3. The van der Waals surface area contributed by atoms with Gasteiger partial charge in [-0.25, -0.2) is 0 Å². The highest BCUT2D eigenvalue weighted by molar-refractivity contribution is 8.00. The van der Waals surface area contributed by atoms with Crippen LogP contribution in [-0.2, 0) is 11.2 Å². The molecule has 0 aliphatic carbocycles. The summed E-state index contributed by atoms with van der Waals surface area (Å²) in [6.45, 7) is 6.36. The first-order valence-electron chi connectivity index (χ1n) is 6.79. The number of carbonyl (C=O) groups excluding carboxylic acids is 1. The molecule has 1 saturated heterocycles. The van der Waals surface area contributed by atoms with Crippen LogP contribution in [0.25, 0.3) is 0 Å². The number of hydrogen-bond donors (Lipinski definition) is 0. The molecule has 1 aromatic rings. The van der Waals surface area contributed by atoms with Gasteiger partial charge in [-0.05, 0) is 56.1 Å². The largest absolute Gasteiger partial charge is 0.298 e. The van der Waals surface area contributed by atoms with E-state index in [9.17, 15) is 4.79 Å². The van der Waals surface area contributed by atoms with Crippen molar-refractivity contribution < 1.29 is 4.79 Å². The Labute approximate surface area is 114 Å². The summed E-state index contributed by atoms with van der Waals surface area (Å²) in [4.78, 5) is 12.3. The van der Waals surface area contributed by atoms with Crippen LogP contribution in [0.1, 0.15) is 41.5 Å². The predicted molar refractivity (Wildman–Crippen MR) is 79.5 cm³/mol. The van der Waals surface area contributed by atoms with E-state index in [1.54, 1.807) is 0 Å². The van der Waals surface area contributed by atoms with Crippen LogP contribution in [0.5, 0.6) is 0 Å².